The van der Waals surface area contributed by atoms with Gasteiger partial charge in [-0.15, -0.1) is 0 Å². The maximum absolute atomic E-state index is 12.1. The van der Waals surface area contributed by atoms with E-state index >= 15 is 0 Å². The number of nitrogens with two attached hydrogens (primary N) is 1. The van der Waals surface area contributed by atoms with Crippen LogP contribution in [-0.2, 0) is 6.42 Å². The average Bonchev–Trinajstić information content (AvgIpc) is 2.48. The molecule has 5 nitrogen and oxygen atoms in total. The summed E-state index contributed by atoms with van der Waals surface area (Å²) in [5.74, 6) is 0.761. The molecule has 1 unspecified atom stereocenters. The SMILES string of the molecule is CC1(C)CN(CCc2nc3ccccc3c(=O)[nH]2)CCC1N. The van der Waals surface area contributed by atoms with E-state index < -0.39 is 0 Å². The van der Waals surface area contributed by atoms with Gasteiger partial charge in [-0.1, -0.05) is 26.0 Å². The molecule has 5 heteroatoms. The molecule has 2 aromatic rings. The van der Waals surface area contributed by atoms with Gasteiger partial charge in [0.25, 0.3) is 5.56 Å². The molecule has 0 radical (unpaired) electrons. The number of para-hydroxylation sites is 1. The Morgan fingerprint density at radius 2 is 2.18 bits per heavy atom. The van der Waals surface area contributed by atoms with Crippen LogP contribution in [0.15, 0.2) is 29.1 Å². The molecule has 1 saturated heterocycles. The summed E-state index contributed by atoms with van der Waals surface area (Å²) in [4.78, 5) is 22.0. The highest BCUT2D eigenvalue weighted by Gasteiger charge is 2.33. The zero-order valence-electron chi connectivity index (χ0n) is 13.3. The largest absolute Gasteiger partial charge is 0.327 e. The van der Waals surface area contributed by atoms with Gasteiger partial charge in [-0.2, -0.15) is 0 Å². The molecule has 3 rings (SSSR count). The van der Waals surface area contributed by atoms with Gasteiger partial charge in [-0.3, -0.25) is 4.79 Å². The minimum absolute atomic E-state index is 0.0541. The van der Waals surface area contributed by atoms with Gasteiger partial charge in [-0.25, -0.2) is 4.98 Å². The van der Waals surface area contributed by atoms with E-state index in [1.54, 1.807) is 6.07 Å². The van der Waals surface area contributed by atoms with Crippen LogP contribution >= 0.6 is 0 Å². The van der Waals surface area contributed by atoms with Crippen LogP contribution in [0.5, 0.6) is 0 Å². The summed E-state index contributed by atoms with van der Waals surface area (Å²) in [6.07, 6.45) is 1.78. The van der Waals surface area contributed by atoms with Crippen LogP contribution in [0, 0.1) is 5.41 Å². The molecular weight excluding hydrogens is 276 g/mol. The third-order valence-electron chi connectivity index (χ3n) is 4.72. The zero-order chi connectivity index (χ0) is 15.7. The highest BCUT2D eigenvalue weighted by molar-refractivity contribution is 5.77. The van der Waals surface area contributed by atoms with Gasteiger partial charge in [0.05, 0.1) is 10.9 Å². The van der Waals surface area contributed by atoms with Crippen molar-refractivity contribution in [2.45, 2.75) is 32.7 Å². The van der Waals surface area contributed by atoms with Gasteiger partial charge in [-0.05, 0) is 30.5 Å². The number of hydrogen-bond donors (Lipinski definition) is 2. The lowest BCUT2D eigenvalue weighted by Gasteiger charge is -2.42. The van der Waals surface area contributed by atoms with Crippen molar-refractivity contribution >= 4 is 10.9 Å². The minimum Gasteiger partial charge on any atom is -0.327 e. The summed E-state index contributed by atoms with van der Waals surface area (Å²) in [6, 6.07) is 7.73. The molecule has 2 heterocycles. The molecule has 1 fully saturated rings. The molecule has 0 spiro atoms. The summed E-state index contributed by atoms with van der Waals surface area (Å²) in [7, 11) is 0. The first-order valence-corrected chi connectivity index (χ1v) is 7.91. The molecule has 1 aromatic heterocycles. The van der Waals surface area contributed by atoms with E-state index in [0.717, 1.165) is 43.8 Å². The quantitative estimate of drug-likeness (QED) is 0.901. The maximum atomic E-state index is 12.1. The third-order valence-corrected chi connectivity index (χ3v) is 4.72. The molecule has 1 atom stereocenters. The number of likely N-dealkylation sites (tertiary alicyclic amines) is 1. The Morgan fingerprint density at radius 3 is 2.95 bits per heavy atom. The van der Waals surface area contributed by atoms with Crippen molar-refractivity contribution in [1.29, 1.82) is 0 Å². The number of nitrogens with one attached hydrogen (secondary N) is 1. The molecule has 1 aromatic carbocycles. The molecule has 118 valence electrons. The Bertz CT molecular complexity index is 722. The van der Waals surface area contributed by atoms with Crippen LogP contribution in [0.3, 0.4) is 0 Å². The number of nitrogens with zero attached hydrogens (tertiary/aromatic N) is 2. The molecule has 1 aliphatic heterocycles. The summed E-state index contributed by atoms with van der Waals surface area (Å²) in [5.41, 5.74) is 7.03. The molecule has 22 heavy (non-hydrogen) atoms. The number of aromatic amines is 1. The number of rotatable bonds is 3. The van der Waals surface area contributed by atoms with Crippen LogP contribution in [0.25, 0.3) is 10.9 Å². The molecule has 0 bridgehead atoms. The number of piperidine rings is 1. The van der Waals surface area contributed by atoms with Crippen LogP contribution < -0.4 is 11.3 Å². The predicted octanol–water partition coefficient (Wildman–Crippen LogP) is 1.52. The van der Waals surface area contributed by atoms with Crippen molar-refractivity contribution in [2.75, 3.05) is 19.6 Å². The second-order valence-corrected chi connectivity index (χ2v) is 6.94. The van der Waals surface area contributed by atoms with Crippen molar-refractivity contribution in [3.05, 3.63) is 40.4 Å². The van der Waals surface area contributed by atoms with E-state index in [1.807, 2.05) is 18.2 Å². The lowest BCUT2D eigenvalue weighted by Crippen LogP contribution is -2.52. The number of hydrogen-bond acceptors (Lipinski definition) is 4. The van der Waals surface area contributed by atoms with Gasteiger partial charge >= 0.3 is 0 Å². The van der Waals surface area contributed by atoms with E-state index in [4.69, 9.17) is 5.73 Å². The fourth-order valence-corrected chi connectivity index (χ4v) is 3.19. The highest BCUT2D eigenvalue weighted by atomic mass is 16.1. The number of fused-ring (bicyclic) bond motifs is 1. The summed E-state index contributed by atoms with van der Waals surface area (Å²) >= 11 is 0. The molecule has 0 amide bonds. The molecular formula is C17H24N4O. The van der Waals surface area contributed by atoms with E-state index in [0.29, 0.717) is 5.39 Å². The standard InChI is InChI=1S/C17H24N4O/c1-17(2)11-21(9-7-14(17)18)10-8-15-19-13-6-4-3-5-12(13)16(22)20-15/h3-6,14H,7-11,18H2,1-2H3,(H,19,20,22). The normalized spacial score (nSPS) is 22.0. The van der Waals surface area contributed by atoms with Crippen LogP contribution in [0.4, 0.5) is 0 Å². The Balaban J connectivity index is 1.71. The smallest absolute Gasteiger partial charge is 0.258 e. The Labute approximate surface area is 130 Å². The van der Waals surface area contributed by atoms with E-state index in [2.05, 4.69) is 28.7 Å². The maximum Gasteiger partial charge on any atom is 0.258 e. The highest BCUT2D eigenvalue weighted by Crippen LogP contribution is 2.27. The Morgan fingerprint density at radius 1 is 1.41 bits per heavy atom. The molecule has 1 aliphatic rings. The van der Waals surface area contributed by atoms with Gasteiger partial charge in [0.2, 0.25) is 0 Å². The van der Waals surface area contributed by atoms with E-state index in [-0.39, 0.29) is 17.0 Å². The van der Waals surface area contributed by atoms with Gasteiger partial charge < -0.3 is 15.6 Å². The minimum atomic E-state index is -0.0541. The fraction of sp³-hybridized carbons (Fsp3) is 0.529. The average molecular weight is 300 g/mol. The zero-order valence-corrected chi connectivity index (χ0v) is 13.3. The monoisotopic (exact) mass is 300 g/mol. The molecule has 0 saturated carbocycles. The van der Waals surface area contributed by atoms with Crippen molar-refractivity contribution in [2.24, 2.45) is 11.1 Å². The summed E-state index contributed by atoms with van der Waals surface area (Å²) in [6.45, 7) is 7.35. The predicted molar refractivity (Wildman–Crippen MR) is 88.9 cm³/mol. The van der Waals surface area contributed by atoms with Crippen molar-refractivity contribution < 1.29 is 0 Å². The fourth-order valence-electron chi connectivity index (χ4n) is 3.19. The van der Waals surface area contributed by atoms with Gasteiger partial charge in [0.1, 0.15) is 5.82 Å². The van der Waals surface area contributed by atoms with Gasteiger partial charge in [0, 0.05) is 25.6 Å². The topological polar surface area (TPSA) is 75.0 Å². The van der Waals surface area contributed by atoms with Crippen molar-refractivity contribution in [1.82, 2.24) is 14.9 Å². The number of benzene rings is 1. The van der Waals surface area contributed by atoms with Crippen LogP contribution in [-0.4, -0.2) is 40.5 Å². The molecule has 3 N–H and O–H groups in total. The summed E-state index contributed by atoms with van der Waals surface area (Å²) in [5, 5.41) is 0.649. The van der Waals surface area contributed by atoms with E-state index in [9.17, 15) is 4.79 Å². The third kappa shape index (κ3) is 3.05. The Kier molecular flexibility index (Phi) is 4.02. The first-order valence-electron chi connectivity index (χ1n) is 7.91. The van der Waals surface area contributed by atoms with Crippen LogP contribution in [0.2, 0.25) is 0 Å². The molecule has 0 aliphatic carbocycles. The lowest BCUT2D eigenvalue weighted by atomic mass is 9.80. The first kappa shape index (κ1) is 15.2. The van der Waals surface area contributed by atoms with Gasteiger partial charge in [0.15, 0.2) is 0 Å². The van der Waals surface area contributed by atoms with E-state index in [1.165, 1.54) is 0 Å². The lowest BCUT2D eigenvalue weighted by molar-refractivity contribution is 0.0960. The second kappa shape index (κ2) is 5.82. The van der Waals surface area contributed by atoms with Crippen molar-refractivity contribution in [3.63, 3.8) is 0 Å². The van der Waals surface area contributed by atoms with Crippen LogP contribution in [0.1, 0.15) is 26.1 Å². The number of H-pyrrole nitrogens is 1. The Hall–Kier alpha value is -1.72. The summed E-state index contributed by atoms with van der Waals surface area (Å²) < 4.78 is 0. The second-order valence-electron chi connectivity index (χ2n) is 6.94. The number of aromatic nitrogens is 2. The first-order chi connectivity index (χ1) is 10.5. The van der Waals surface area contributed by atoms with Crippen molar-refractivity contribution in [3.8, 4) is 0 Å².